The fraction of sp³-hybridized carbons (Fsp3) is 0.450. The summed E-state index contributed by atoms with van der Waals surface area (Å²) < 4.78 is 34.3. The topological polar surface area (TPSA) is 62.0 Å². The molecular formula is C20H27F2IN4O2. The molecule has 1 fully saturated rings. The monoisotopic (exact) mass is 520 g/mol. The van der Waals surface area contributed by atoms with Gasteiger partial charge in [-0.1, -0.05) is 0 Å². The molecule has 0 aliphatic carbocycles. The van der Waals surface area contributed by atoms with E-state index in [1.165, 1.54) is 0 Å². The quantitative estimate of drug-likeness (QED) is 0.330. The van der Waals surface area contributed by atoms with Gasteiger partial charge in [0.15, 0.2) is 5.96 Å². The largest absolute Gasteiger partial charge is 0.469 e. The number of guanidine groups is 1. The maximum absolute atomic E-state index is 12.3. The van der Waals surface area contributed by atoms with Crippen molar-refractivity contribution in [1.82, 2.24) is 10.6 Å². The maximum atomic E-state index is 12.3. The number of aliphatic imine (C=N–C) groups is 1. The molecule has 29 heavy (non-hydrogen) atoms. The molecule has 6 nitrogen and oxygen atoms in total. The van der Waals surface area contributed by atoms with Crippen LogP contribution in [0.5, 0.6) is 5.75 Å². The Hall–Kier alpha value is -2.04. The third-order valence-electron chi connectivity index (χ3n) is 4.66. The molecule has 160 valence electrons. The second-order valence-corrected chi connectivity index (χ2v) is 6.63. The van der Waals surface area contributed by atoms with E-state index in [9.17, 15) is 8.78 Å². The highest BCUT2D eigenvalue weighted by molar-refractivity contribution is 14.0. The third kappa shape index (κ3) is 7.37. The number of benzene rings is 1. The lowest BCUT2D eigenvalue weighted by Gasteiger charge is -2.35. The average Bonchev–Trinajstić information content (AvgIpc) is 3.21. The molecule has 1 aromatic heterocycles. The highest BCUT2D eigenvalue weighted by Crippen LogP contribution is 2.23. The van der Waals surface area contributed by atoms with Crippen LogP contribution in [0.15, 0.2) is 52.1 Å². The number of nitrogens with one attached hydrogen (secondary N) is 2. The van der Waals surface area contributed by atoms with Crippen LogP contribution >= 0.6 is 24.0 Å². The van der Waals surface area contributed by atoms with Crippen LogP contribution in [0.1, 0.15) is 18.6 Å². The Kier molecular flexibility index (Phi) is 9.49. The predicted molar refractivity (Wildman–Crippen MR) is 121 cm³/mol. The molecule has 2 N–H and O–H groups in total. The van der Waals surface area contributed by atoms with Crippen LogP contribution in [-0.4, -0.2) is 45.3 Å². The molecule has 0 saturated carbocycles. The minimum absolute atomic E-state index is 0. The number of hydrogen-bond acceptors (Lipinski definition) is 4. The first kappa shape index (κ1) is 23.2. The molecule has 1 atom stereocenters. The summed E-state index contributed by atoms with van der Waals surface area (Å²) in [4.78, 5) is 6.54. The summed E-state index contributed by atoms with van der Waals surface area (Å²) in [6.45, 7) is -0.331. The number of nitrogens with zero attached hydrogens (tertiary/aromatic N) is 2. The smallest absolute Gasteiger partial charge is 0.387 e. The van der Waals surface area contributed by atoms with E-state index in [0.717, 1.165) is 56.3 Å². The number of anilines is 1. The van der Waals surface area contributed by atoms with Crippen molar-refractivity contribution < 1.29 is 17.9 Å². The van der Waals surface area contributed by atoms with Crippen molar-refractivity contribution in [3.8, 4) is 5.75 Å². The van der Waals surface area contributed by atoms with Crippen LogP contribution in [0, 0.1) is 0 Å². The minimum Gasteiger partial charge on any atom is -0.469 e. The number of rotatable bonds is 7. The molecule has 0 amide bonds. The minimum atomic E-state index is -2.80. The van der Waals surface area contributed by atoms with Crippen molar-refractivity contribution in [2.24, 2.45) is 4.99 Å². The fourth-order valence-corrected chi connectivity index (χ4v) is 3.31. The Bertz CT molecular complexity index is 741. The van der Waals surface area contributed by atoms with Crippen LogP contribution in [-0.2, 0) is 6.42 Å². The first-order chi connectivity index (χ1) is 13.6. The van der Waals surface area contributed by atoms with Gasteiger partial charge in [-0.3, -0.25) is 4.99 Å². The summed E-state index contributed by atoms with van der Waals surface area (Å²) in [5.41, 5.74) is 0.994. The molecule has 9 heteroatoms. The zero-order valence-corrected chi connectivity index (χ0v) is 18.6. The second-order valence-electron chi connectivity index (χ2n) is 6.63. The lowest BCUT2D eigenvalue weighted by molar-refractivity contribution is -0.0498. The number of ether oxygens (including phenoxy) is 1. The number of piperidine rings is 1. The lowest BCUT2D eigenvalue weighted by Crippen LogP contribution is -2.51. The lowest BCUT2D eigenvalue weighted by atomic mass is 10.0. The predicted octanol–water partition coefficient (Wildman–Crippen LogP) is 3.88. The molecule has 3 rings (SSSR count). The van der Waals surface area contributed by atoms with Gasteiger partial charge >= 0.3 is 6.61 Å². The summed E-state index contributed by atoms with van der Waals surface area (Å²) in [6, 6.07) is 10.9. The zero-order valence-electron chi connectivity index (χ0n) is 16.3. The Labute approximate surface area is 186 Å². The van der Waals surface area contributed by atoms with E-state index in [1.54, 1.807) is 25.4 Å². The van der Waals surface area contributed by atoms with E-state index in [2.05, 4.69) is 25.3 Å². The van der Waals surface area contributed by atoms with Gasteiger partial charge in [-0.25, -0.2) is 0 Å². The van der Waals surface area contributed by atoms with Gasteiger partial charge in [-0.15, -0.1) is 24.0 Å². The van der Waals surface area contributed by atoms with Crippen LogP contribution in [0.3, 0.4) is 0 Å². The van der Waals surface area contributed by atoms with E-state index >= 15 is 0 Å². The van der Waals surface area contributed by atoms with Gasteiger partial charge in [-0.05, 0) is 49.2 Å². The van der Waals surface area contributed by atoms with Gasteiger partial charge in [-0.2, -0.15) is 8.78 Å². The van der Waals surface area contributed by atoms with Gasteiger partial charge in [0, 0.05) is 44.8 Å². The summed E-state index contributed by atoms with van der Waals surface area (Å²) in [5.74, 6) is 1.87. The summed E-state index contributed by atoms with van der Waals surface area (Å²) in [5, 5.41) is 6.77. The zero-order chi connectivity index (χ0) is 19.8. The van der Waals surface area contributed by atoms with Crippen LogP contribution in [0.4, 0.5) is 14.5 Å². The SMILES string of the molecule is CN=C(NCCc1ccco1)NC1CCCN(c2ccc(OC(F)F)cc2)C1.I. The van der Waals surface area contributed by atoms with Gasteiger partial charge in [0.25, 0.3) is 0 Å². The molecule has 1 aliphatic rings. The molecule has 0 bridgehead atoms. The molecule has 2 heterocycles. The normalized spacial score (nSPS) is 17.0. The van der Waals surface area contributed by atoms with Gasteiger partial charge in [0.05, 0.1) is 6.26 Å². The van der Waals surface area contributed by atoms with E-state index in [-0.39, 0.29) is 35.8 Å². The highest BCUT2D eigenvalue weighted by atomic mass is 127. The average molecular weight is 520 g/mol. The van der Waals surface area contributed by atoms with Gasteiger partial charge in [0.2, 0.25) is 0 Å². The fourth-order valence-electron chi connectivity index (χ4n) is 3.31. The van der Waals surface area contributed by atoms with Crippen molar-refractivity contribution in [1.29, 1.82) is 0 Å². The first-order valence-corrected chi connectivity index (χ1v) is 9.43. The van der Waals surface area contributed by atoms with E-state index in [4.69, 9.17) is 4.42 Å². The molecule has 1 aromatic carbocycles. The number of alkyl halides is 2. The highest BCUT2D eigenvalue weighted by Gasteiger charge is 2.21. The third-order valence-corrected chi connectivity index (χ3v) is 4.66. The van der Waals surface area contributed by atoms with E-state index in [0.29, 0.717) is 0 Å². The molecular weight excluding hydrogens is 493 g/mol. The number of halogens is 3. The van der Waals surface area contributed by atoms with E-state index < -0.39 is 6.61 Å². The van der Waals surface area contributed by atoms with Gasteiger partial charge in [0.1, 0.15) is 11.5 Å². The standard InChI is InChI=1S/C20H26F2N4O2.HI/c1-23-20(24-11-10-17-5-3-13-27-17)25-15-4-2-12-26(14-15)16-6-8-18(9-7-16)28-19(21)22;/h3,5-9,13,15,19H,2,4,10-12,14H2,1H3,(H2,23,24,25);1H. The van der Waals surface area contributed by atoms with Crippen molar-refractivity contribution in [3.05, 3.63) is 48.4 Å². The Morgan fingerprint density at radius 3 is 2.76 bits per heavy atom. The van der Waals surface area contributed by atoms with Crippen molar-refractivity contribution in [2.75, 3.05) is 31.6 Å². The number of hydrogen-bond donors (Lipinski definition) is 2. The van der Waals surface area contributed by atoms with Crippen LogP contribution in [0.25, 0.3) is 0 Å². The van der Waals surface area contributed by atoms with Crippen molar-refractivity contribution >= 4 is 35.6 Å². The molecule has 0 spiro atoms. The van der Waals surface area contributed by atoms with E-state index in [1.807, 2.05) is 24.3 Å². The number of furan rings is 1. The molecule has 2 aromatic rings. The van der Waals surface area contributed by atoms with Crippen LogP contribution in [0.2, 0.25) is 0 Å². The summed E-state index contributed by atoms with van der Waals surface area (Å²) in [7, 11) is 1.75. The molecule has 1 aliphatic heterocycles. The van der Waals surface area contributed by atoms with Gasteiger partial charge < -0.3 is 24.7 Å². The van der Waals surface area contributed by atoms with Crippen LogP contribution < -0.4 is 20.3 Å². The molecule has 1 saturated heterocycles. The van der Waals surface area contributed by atoms with Crippen molar-refractivity contribution in [2.45, 2.75) is 31.9 Å². The Morgan fingerprint density at radius 1 is 1.31 bits per heavy atom. The summed E-state index contributed by atoms with van der Waals surface area (Å²) in [6.07, 6.45) is 4.54. The summed E-state index contributed by atoms with van der Waals surface area (Å²) >= 11 is 0. The molecule has 0 radical (unpaired) electrons. The Morgan fingerprint density at radius 2 is 2.10 bits per heavy atom. The van der Waals surface area contributed by atoms with Crippen molar-refractivity contribution in [3.63, 3.8) is 0 Å². The molecule has 1 unspecified atom stereocenters. The first-order valence-electron chi connectivity index (χ1n) is 9.43. The Balaban J connectivity index is 0.00000300. The maximum Gasteiger partial charge on any atom is 0.387 e. The second kappa shape index (κ2) is 11.8.